The highest BCUT2D eigenvalue weighted by Gasteiger charge is 2.54. The zero-order chi connectivity index (χ0) is 24.8. The number of β-lactam (4-membered cyclic amide) rings is 1. The molecule has 186 valence electrons. The number of oxime groups is 1. The second-order valence-corrected chi connectivity index (χ2v) is 11.3. The zero-order valence-electron chi connectivity index (χ0n) is 19.1. The van der Waals surface area contributed by atoms with Gasteiger partial charge in [-0.05, 0) is 19.6 Å². The highest BCUT2D eigenvalue weighted by molar-refractivity contribution is 8.05. The number of carbonyl (C=O) groups excluding carboxylic acids is 3. The summed E-state index contributed by atoms with van der Waals surface area (Å²) in [5.74, 6) is -0.539. The van der Waals surface area contributed by atoms with Crippen LogP contribution in [-0.4, -0.2) is 69.9 Å². The summed E-state index contributed by atoms with van der Waals surface area (Å²) >= 11 is 10.3. The van der Waals surface area contributed by atoms with Crippen LogP contribution in [0.1, 0.15) is 43.3 Å². The van der Waals surface area contributed by atoms with Crippen LogP contribution in [0.15, 0.2) is 15.8 Å². The van der Waals surface area contributed by atoms with E-state index in [4.69, 9.17) is 16.4 Å². The number of hydrogen-bond donors (Lipinski definition) is 1. The lowest BCUT2D eigenvalue weighted by atomic mass is 10.0. The maximum absolute atomic E-state index is 13.1. The molecule has 3 rings (SSSR count). The fourth-order valence-electron chi connectivity index (χ4n) is 3.56. The van der Waals surface area contributed by atoms with E-state index in [9.17, 15) is 18.8 Å². The summed E-state index contributed by atoms with van der Waals surface area (Å²) in [6.07, 6.45) is 4.99. The smallest absolute Gasteiger partial charge is 0.276 e. The van der Waals surface area contributed by atoms with E-state index >= 15 is 0 Å². The fraction of sp³-hybridized carbons (Fsp3) is 0.571. The van der Waals surface area contributed by atoms with Gasteiger partial charge in [0.1, 0.15) is 34.7 Å². The minimum Gasteiger partial charge on any atom is -0.392 e. The van der Waals surface area contributed by atoms with Crippen LogP contribution in [0.4, 0.5) is 4.39 Å². The van der Waals surface area contributed by atoms with Gasteiger partial charge in [-0.25, -0.2) is 9.37 Å². The molecular formula is C21H26ClFN4O4S3. The van der Waals surface area contributed by atoms with Gasteiger partial charge in [-0.2, -0.15) is 0 Å². The molecule has 1 saturated heterocycles. The van der Waals surface area contributed by atoms with Crippen molar-refractivity contribution in [2.45, 2.75) is 50.9 Å². The first kappa shape index (κ1) is 27.0. The normalized spacial score (nSPS) is 20.2. The molecule has 0 radical (unpaired) electrons. The number of unbranched alkanes of at least 4 members (excludes halogenated alkanes) is 2. The molecule has 34 heavy (non-hydrogen) atoms. The highest BCUT2D eigenvalue weighted by atomic mass is 35.5. The Labute approximate surface area is 215 Å². The molecule has 0 spiro atoms. The Balaban J connectivity index is 1.78. The third-order valence-electron chi connectivity index (χ3n) is 5.19. The molecule has 0 aliphatic carbocycles. The van der Waals surface area contributed by atoms with E-state index in [2.05, 4.69) is 22.4 Å². The summed E-state index contributed by atoms with van der Waals surface area (Å²) in [5, 5.41) is 6.62. The van der Waals surface area contributed by atoms with Gasteiger partial charge >= 0.3 is 0 Å². The van der Waals surface area contributed by atoms with E-state index in [1.807, 2.05) is 6.26 Å². The summed E-state index contributed by atoms with van der Waals surface area (Å²) in [5.41, 5.74) is 0.323. The first-order chi connectivity index (χ1) is 16.3. The van der Waals surface area contributed by atoms with Crippen molar-refractivity contribution in [3.63, 3.8) is 0 Å². The third-order valence-corrected chi connectivity index (χ3v) is 8.66. The molecule has 0 unspecified atom stereocenters. The molecule has 2 atom stereocenters. The second-order valence-electron chi connectivity index (χ2n) is 7.53. The van der Waals surface area contributed by atoms with Crippen LogP contribution in [0.3, 0.4) is 0 Å². The fourth-order valence-corrected chi connectivity index (χ4v) is 6.94. The summed E-state index contributed by atoms with van der Waals surface area (Å²) in [6, 6.07) is -0.843. The van der Waals surface area contributed by atoms with Crippen molar-refractivity contribution in [1.29, 1.82) is 0 Å². The van der Waals surface area contributed by atoms with Crippen molar-refractivity contribution in [3.05, 3.63) is 25.6 Å². The number of Topliss-reactive ketones (excluding diaryl/α,β-unsaturated/α-hetero) is 1. The first-order valence-electron chi connectivity index (χ1n) is 10.8. The predicted molar refractivity (Wildman–Crippen MR) is 135 cm³/mol. The SMILES string of the molecule is CCCCCC(=O)C1=C(SC)CS[C@@H]2[C@H](NC(=O)/C(=N\OCCF)c3nc(C)sc3Cl)C(=O)N12. The Bertz CT molecular complexity index is 1020. The van der Waals surface area contributed by atoms with Gasteiger partial charge in [0.2, 0.25) is 0 Å². The number of hydrogen-bond acceptors (Lipinski definition) is 9. The summed E-state index contributed by atoms with van der Waals surface area (Å²) < 4.78 is 12.7. The number of rotatable bonds is 12. The quantitative estimate of drug-likeness (QED) is 0.183. The molecule has 0 saturated carbocycles. The van der Waals surface area contributed by atoms with Gasteiger partial charge < -0.3 is 10.2 Å². The molecule has 0 bridgehead atoms. The third kappa shape index (κ3) is 5.77. The molecule has 1 aromatic rings. The zero-order valence-corrected chi connectivity index (χ0v) is 22.3. The molecule has 8 nitrogen and oxygen atoms in total. The van der Waals surface area contributed by atoms with Gasteiger partial charge in [0, 0.05) is 17.1 Å². The van der Waals surface area contributed by atoms with Crippen molar-refractivity contribution in [3.8, 4) is 0 Å². The van der Waals surface area contributed by atoms with E-state index in [1.54, 1.807) is 6.92 Å². The van der Waals surface area contributed by atoms with Crippen LogP contribution >= 0.6 is 46.5 Å². The number of carbonyl (C=O) groups is 3. The van der Waals surface area contributed by atoms with E-state index in [0.29, 0.717) is 22.9 Å². The lowest BCUT2D eigenvalue weighted by molar-refractivity contribution is -0.146. The molecular weight excluding hydrogens is 523 g/mol. The molecule has 2 aliphatic heterocycles. The number of allylic oxidation sites excluding steroid dienone is 1. The number of thiazole rings is 1. The number of alkyl halides is 1. The van der Waals surface area contributed by atoms with Gasteiger partial charge in [0.25, 0.3) is 11.8 Å². The van der Waals surface area contributed by atoms with Crippen LogP contribution < -0.4 is 5.32 Å². The highest BCUT2D eigenvalue weighted by Crippen LogP contribution is 2.43. The Hall–Kier alpha value is -1.63. The minimum atomic E-state index is -0.843. The number of nitrogens with one attached hydrogen (secondary N) is 1. The maximum atomic E-state index is 13.1. The summed E-state index contributed by atoms with van der Waals surface area (Å²) in [7, 11) is 0. The summed E-state index contributed by atoms with van der Waals surface area (Å²) in [6.45, 7) is 2.67. The second kappa shape index (κ2) is 12.4. The number of amides is 2. The van der Waals surface area contributed by atoms with Gasteiger partial charge in [0.15, 0.2) is 11.5 Å². The molecule has 2 amide bonds. The standard InChI is InChI=1S/C21H26ClFN4O4S3/c1-4-5-6-7-12(28)17-13(32-3)10-33-21-16(20(30)27(17)21)25-19(29)15(26-31-9-8-23)14-18(22)34-11(2)24-14/h16,21H,4-10H2,1-3H3,(H,25,29)/b26-15-/t16-,21-/m1/s1. The number of nitrogens with zero attached hydrogens (tertiary/aromatic N) is 3. The lowest BCUT2D eigenvalue weighted by Gasteiger charge is -2.50. The van der Waals surface area contributed by atoms with Crippen LogP contribution in [0.25, 0.3) is 0 Å². The number of thioether (sulfide) groups is 2. The molecule has 13 heteroatoms. The predicted octanol–water partition coefficient (Wildman–Crippen LogP) is 3.92. The van der Waals surface area contributed by atoms with E-state index in [0.717, 1.165) is 35.5 Å². The van der Waals surface area contributed by atoms with E-state index in [-0.39, 0.29) is 34.0 Å². The molecule has 2 aliphatic rings. The number of fused-ring (bicyclic) bond motifs is 1. The topological polar surface area (TPSA) is 101 Å². The van der Waals surface area contributed by atoms with Crippen molar-refractivity contribution < 1.29 is 23.6 Å². The van der Waals surface area contributed by atoms with Crippen molar-refractivity contribution in [2.75, 3.05) is 25.3 Å². The monoisotopic (exact) mass is 548 g/mol. The Morgan fingerprint density at radius 1 is 1.41 bits per heavy atom. The van der Waals surface area contributed by atoms with Gasteiger partial charge in [-0.1, -0.05) is 36.5 Å². The van der Waals surface area contributed by atoms with Gasteiger partial charge in [-0.3, -0.25) is 19.3 Å². The molecule has 1 N–H and O–H groups in total. The van der Waals surface area contributed by atoms with Crippen LogP contribution in [0, 0.1) is 6.92 Å². The van der Waals surface area contributed by atoms with Crippen molar-refractivity contribution in [2.24, 2.45) is 5.16 Å². The van der Waals surface area contributed by atoms with E-state index in [1.165, 1.54) is 28.4 Å². The molecule has 3 heterocycles. The Morgan fingerprint density at radius 2 is 2.18 bits per heavy atom. The van der Waals surface area contributed by atoms with Gasteiger partial charge in [-0.15, -0.1) is 34.9 Å². The summed E-state index contributed by atoms with van der Waals surface area (Å²) in [4.78, 5) is 50.5. The molecule has 1 fully saturated rings. The van der Waals surface area contributed by atoms with E-state index < -0.39 is 24.0 Å². The minimum absolute atomic E-state index is 0.0483. The first-order valence-corrected chi connectivity index (χ1v) is 14.3. The number of ketones is 1. The Kier molecular flexibility index (Phi) is 9.81. The van der Waals surface area contributed by atoms with Crippen LogP contribution in [0.5, 0.6) is 0 Å². The average molecular weight is 549 g/mol. The number of halogens is 2. The average Bonchev–Trinajstić information content (AvgIpc) is 3.16. The molecule has 0 aromatic carbocycles. The number of aryl methyl sites for hydroxylation is 1. The largest absolute Gasteiger partial charge is 0.392 e. The van der Waals surface area contributed by atoms with Crippen molar-refractivity contribution in [1.82, 2.24) is 15.2 Å². The number of aromatic nitrogens is 1. The van der Waals surface area contributed by atoms with Crippen molar-refractivity contribution >= 4 is 69.8 Å². The van der Waals surface area contributed by atoms with Gasteiger partial charge in [0.05, 0.1) is 10.7 Å². The maximum Gasteiger partial charge on any atom is 0.276 e. The lowest BCUT2D eigenvalue weighted by Crippen LogP contribution is -2.71. The molecule has 1 aromatic heterocycles. The van der Waals surface area contributed by atoms with Crippen LogP contribution in [0.2, 0.25) is 4.34 Å². The van der Waals surface area contributed by atoms with Crippen LogP contribution in [-0.2, 0) is 19.2 Å². The Morgan fingerprint density at radius 3 is 2.79 bits per heavy atom.